The number of rotatable bonds is 10. The van der Waals surface area contributed by atoms with Crippen molar-refractivity contribution in [1.29, 1.82) is 5.26 Å². The number of benzene rings is 1. The Hall–Kier alpha value is -4.91. The third kappa shape index (κ3) is 9.32. The van der Waals surface area contributed by atoms with Crippen LogP contribution in [0.2, 0.25) is 0 Å². The van der Waals surface area contributed by atoms with Crippen LogP contribution < -0.4 is 16.0 Å². The molecule has 1 amide bonds. The molecule has 0 aliphatic carbocycles. The molecule has 0 radical (unpaired) electrons. The summed E-state index contributed by atoms with van der Waals surface area (Å²) in [4.78, 5) is 22.9. The molecule has 0 spiro atoms. The van der Waals surface area contributed by atoms with E-state index in [1.54, 1.807) is 68.8 Å². The van der Waals surface area contributed by atoms with Crippen molar-refractivity contribution in [2.45, 2.75) is 57.4 Å². The highest BCUT2D eigenvalue weighted by molar-refractivity contribution is 5.92. The molecule has 1 aliphatic rings. The molecule has 1 aromatic carbocycles. The Morgan fingerprint density at radius 3 is 2.55 bits per heavy atom. The molecular formula is C35H37F3N8O. The second kappa shape index (κ2) is 14.7. The zero-order chi connectivity index (χ0) is 33.4. The molecule has 12 heteroatoms. The van der Waals surface area contributed by atoms with Crippen molar-refractivity contribution in [2.75, 3.05) is 36.8 Å². The number of hydrogen-bond acceptors (Lipinski definition) is 7. The van der Waals surface area contributed by atoms with Gasteiger partial charge in [-0.3, -0.25) is 19.7 Å². The van der Waals surface area contributed by atoms with E-state index in [0.717, 1.165) is 31.5 Å². The van der Waals surface area contributed by atoms with Gasteiger partial charge in [0.2, 0.25) is 5.91 Å². The Bertz CT molecular complexity index is 1780. The maximum absolute atomic E-state index is 13.5. The van der Waals surface area contributed by atoms with Gasteiger partial charge in [-0.2, -0.15) is 18.4 Å². The number of carbonyl (C=O) groups is 1. The lowest BCUT2D eigenvalue weighted by Crippen LogP contribution is -2.44. The fraction of sp³-hybridized carbons (Fsp3) is 0.371. The number of aromatic nitrogens is 3. The van der Waals surface area contributed by atoms with Gasteiger partial charge >= 0.3 is 6.18 Å². The highest BCUT2D eigenvalue weighted by Crippen LogP contribution is 2.27. The van der Waals surface area contributed by atoms with Gasteiger partial charge in [0.1, 0.15) is 6.54 Å². The molecule has 3 N–H and O–H groups in total. The number of pyridine rings is 2. The molecule has 9 nitrogen and oxygen atoms in total. The van der Waals surface area contributed by atoms with Crippen LogP contribution in [0, 0.1) is 23.2 Å². The summed E-state index contributed by atoms with van der Waals surface area (Å²) in [6.45, 7) is 5.12. The number of nitriles is 1. The Morgan fingerprint density at radius 2 is 1.87 bits per heavy atom. The zero-order valence-corrected chi connectivity index (χ0v) is 26.4. The van der Waals surface area contributed by atoms with Gasteiger partial charge in [0.25, 0.3) is 0 Å². The lowest BCUT2D eigenvalue weighted by atomic mass is 9.91. The van der Waals surface area contributed by atoms with Gasteiger partial charge in [-0.05, 0) is 80.6 Å². The average molecular weight is 643 g/mol. The first-order chi connectivity index (χ1) is 22.5. The Balaban J connectivity index is 1.17. The SMILES string of the molecule is CC(C)(C#N)c1ccc(NCC#Cc2cc3cc(CNC4CCN(CC(=O)Nc5cccnc5)CC4)ccc3n2CC(F)(F)F)cn1. The number of halogens is 3. The predicted octanol–water partition coefficient (Wildman–Crippen LogP) is 5.45. The van der Waals surface area contributed by atoms with Gasteiger partial charge in [-0.1, -0.05) is 12.0 Å². The van der Waals surface area contributed by atoms with Crippen LogP contribution >= 0.6 is 0 Å². The van der Waals surface area contributed by atoms with Crippen molar-refractivity contribution >= 4 is 28.2 Å². The number of likely N-dealkylation sites (tertiary alicyclic amines) is 1. The number of amides is 1. The lowest BCUT2D eigenvalue weighted by Gasteiger charge is -2.32. The Kier molecular flexibility index (Phi) is 10.4. The van der Waals surface area contributed by atoms with Crippen molar-refractivity contribution in [3.63, 3.8) is 0 Å². The fourth-order valence-corrected chi connectivity index (χ4v) is 5.49. The molecule has 0 saturated carbocycles. The van der Waals surface area contributed by atoms with Crippen LogP contribution in [0.15, 0.2) is 67.1 Å². The van der Waals surface area contributed by atoms with E-state index in [4.69, 9.17) is 0 Å². The van der Waals surface area contributed by atoms with E-state index in [-0.39, 0.29) is 24.2 Å². The first-order valence-corrected chi connectivity index (χ1v) is 15.4. The van der Waals surface area contributed by atoms with E-state index >= 15 is 0 Å². The summed E-state index contributed by atoms with van der Waals surface area (Å²) in [7, 11) is 0. The second-order valence-corrected chi connectivity index (χ2v) is 12.2. The van der Waals surface area contributed by atoms with E-state index in [1.165, 1.54) is 4.57 Å². The highest BCUT2D eigenvalue weighted by atomic mass is 19.4. The minimum Gasteiger partial charge on any atom is -0.373 e. The Morgan fingerprint density at radius 1 is 1.06 bits per heavy atom. The number of nitrogens with zero attached hydrogens (tertiary/aromatic N) is 5. The van der Waals surface area contributed by atoms with Crippen LogP contribution in [-0.4, -0.2) is 63.7 Å². The summed E-state index contributed by atoms with van der Waals surface area (Å²) < 4.78 is 41.8. The molecule has 244 valence electrons. The first kappa shape index (κ1) is 33.5. The minimum absolute atomic E-state index is 0.0699. The molecule has 1 fully saturated rings. The molecule has 4 heterocycles. The van der Waals surface area contributed by atoms with Crippen LogP contribution in [0.4, 0.5) is 24.5 Å². The number of nitrogens with one attached hydrogen (secondary N) is 3. The van der Waals surface area contributed by atoms with Crippen LogP contribution in [0.5, 0.6) is 0 Å². The van der Waals surface area contributed by atoms with E-state index in [1.807, 2.05) is 12.1 Å². The number of anilines is 2. The predicted molar refractivity (Wildman–Crippen MR) is 175 cm³/mol. The first-order valence-electron chi connectivity index (χ1n) is 15.4. The van der Waals surface area contributed by atoms with Gasteiger partial charge in [0, 0.05) is 42.8 Å². The van der Waals surface area contributed by atoms with Crippen LogP contribution in [0.1, 0.15) is 43.6 Å². The van der Waals surface area contributed by atoms with Gasteiger partial charge in [-0.15, -0.1) is 0 Å². The molecule has 4 aromatic rings. The summed E-state index contributed by atoms with van der Waals surface area (Å²) in [6, 6.07) is 16.8. The van der Waals surface area contributed by atoms with Crippen molar-refractivity contribution in [3.8, 4) is 17.9 Å². The Labute approximate surface area is 272 Å². The molecule has 5 rings (SSSR count). The normalized spacial score (nSPS) is 14.3. The molecule has 0 unspecified atom stereocenters. The monoisotopic (exact) mass is 642 g/mol. The summed E-state index contributed by atoms with van der Waals surface area (Å²) in [6.07, 6.45) is 2.25. The van der Waals surface area contributed by atoms with Crippen LogP contribution in [-0.2, 0) is 23.3 Å². The molecule has 47 heavy (non-hydrogen) atoms. The van der Waals surface area contributed by atoms with E-state index in [0.29, 0.717) is 41.1 Å². The van der Waals surface area contributed by atoms with Crippen molar-refractivity contribution < 1.29 is 18.0 Å². The average Bonchev–Trinajstić information content (AvgIpc) is 3.38. The standard InChI is InChI=1S/C35H37F3N8O/c1-34(2,23-39)32-10-8-28(21-43-32)41-14-4-6-30-18-26-17-25(7-9-31(26)46(30)24-35(36,37)38)19-42-27-11-15-45(16-12-27)22-33(47)44-29-5-3-13-40-20-29/h3,5,7-10,13,17-18,20-21,27,41-42H,11-12,14-16,19,22,24H2,1-2H3,(H,44,47). The van der Waals surface area contributed by atoms with Crippen molar-refractivity contribution in [2.24, 2.45) is 0 Å². The molecule has 1 saturated heterocycles. The largest absolute Gasteiger partial charge is 0.406 e. The van der Waals surface area contributed by atoms with Crippen molar-refractivity contribution in [1.82, 2.24) is 24.8 Å². The quantitative estimate of drug-likeness (QED) is 0.197. The third-order valence-corrected chi connectivity index (χ3v) is 8.08. The summed E-state index contributed by atoms with van der Waals surface area (Å²) in [5, 5.41) is 19.5. The second-order valence-electron chi connectivity index (χ2n) is 12.2. The number of hydrogen-bond donors (Lipinski definition) is 3. The summed E-state index contributed by atoms with van der Waals surface area (Å²) in [5.41, 5.74) is 3.04. The maximum Gasteiger partial charge on any atom is 0.406 e. The fourth-order valence-electron chi connectivity index (χ4n) is 5.49. The van der Waals surface area contributed by atoms with E-state index in [9.17, 15) is 23.2 Å². The molecule has 3 aromatic heterocycles. The smallest absolute Gasteiger partial charge is 0.373 e. The number of alkyl halides is 3. The van der Waals surface area contributed by atoms with Gasteiger partial charge in [0.15, 0.2) is 0 Å². The molecule has 0 bridgehead atoms. The van der Waals surface area contributed by atoms with E-state index < -0.39 is 18.1 Å². The summed E-state index contributed by atoms with van der Waals surface area (Å²) in [5.74, 6) is 5.77. The molecule has 0 atom stereocenters. The van der Waals surface area contributed by atoms with Crippen LogP contribution in [0.3, 0.4) is 0 Å². The highest BCUT2D eigenvalue weighted by Gasteiger charge is 2.30. The molecule has 1 aliphatic heterocycles. The lowest BCUT2D eigenvalue weighted by molar-refractivity contribution is -0.140. The van der Waals surface area contributed by atoms with E-state index in [2.05, 4.69) is 48.7 Å². The number of fused-ring (bicyclic) bond motifs is 1. The maximum atomic E-state index is 13.5. The summed E-state index contributed by atoms with van der Waals surface area (Å²) >= 11 is 0. The van der Waals surface area contributed by atoms with Crippen molar-refractivity contribution in [3.05, 3.63) is 84.1 Å². The topological polar surface area (TPSA) is 111 Å². The van der Waals surface area contributed by atoms with Gasteiger partial charge in [-0.25, -0.2) is 0 Å². The zero-order valence-electron chi connectivity index (χ0n) is 26.4. The number of piperidine rings is 1. The molecular weight excluding hydrogens is 605 g/mol. The third-order valence-electron chi connectivity index (χ3n) is 8.08. The van der Waals surface area contributed by atoms with Crippen LogP contribution in [0.25, 0.3) is 10.9 Å². The minimum atomic E-state index is -4.40. The van der Waals surface area contributed by atoms with Gasteiger partial charge < -0.3 is 20.5 Å². The number of carbonyl (C=O) groups excluding carboxylic acids is 1. The van der Waals surface area contributed by atoms with Gasteiger partial charge in [0.05, 0.1) is 59.7 Å².